The third-order valence-corrected chi connectivity index (χ3v) is 3.79. The molecule has 22 heavy (non-hydrogen) atoms. The summed E-state index contributed by atoms with van der Waals surface area (Å²) < 4.78 is 37.3. The van der Waals surface area contributed by atoms with Gasteiger partial charge >= 0.3 is 6.18 Å². The van der Waals surface area contributed by atoms with Gasteiger partial charge in [-0.05, 0) is 18.6 Å². The number of halogens is 3. The van der Waals surface area contributed by atoms with Crippen molar-refractivity contribution in [2.75, 3.05) is 0 Å². The van der Waals surface area contributed by atoms with Crippen molar-refractivity contribution in [1.29, 1.82) is 0 Å². The van der Waals surface area contributed by atoms with E-state index in [9.17, 15) is 18.0 Å². The molecule has 0 saturated carbocycles. The van der Waals surface area contributed by atoms with Crippen LogP contribution in [0.3, 0.4) is 0 Å². The first-order chi connectivity index (χ1) is 10.4. The number of Topliss-reactive ketones (excluding diaryl/α,β-unsaturated/α-hetero) is 1. The van der Waals surface area contributed by atoms with Gasteiger partial charge in [0.15, 0.2) is 5.78 Å². The Bertz CT molecular complexity index is 435. The molecular formula is C18H25F3O. The van der Waals surface area contributed by atoms with Crippen LogP contribution in [0.15, 0.2) is 24.3 Å². The van der Waals surface area contributed by atoms with Gasteiger partial charge in [-0.3, -0.25) is 4.79 Å². The van der Waals surface area contributed by atoms with Crippen LogP contribution in [0.2, 0.25) is 0 Å². The fourth-order valence-corrected chi connectivity index (χ4v) is 2.41. The summed E-state index contributed by atoms with van der Waals surface area (Å²) in [6.45, 7) is 2.19. The van der Waals surface area contributed by atoms with Gasteiger partial charge in [0.2, 0.25) is 0 Å². The molecule has 1 nitrogen and oxygen atoms in total. The predicted molar refractivity (Wildman–Crippen MR) is 83.0 cm³/mol. The SMILES string of the molecule is CCCCCCCCCCC(=O)c1ccc(C(F)(F)F)cc1. The number of rotatable bonds is 10. The maximum absolute atomic E-state index is 12.4. The van der Waals surface area contributed by atoms with E-state index in [0.29, 0.717) is 12.0 Å². The van der Waals surface area contributed by atoms with Crippen LogP contribution in [0.5, 0.6) is 0 Å². The Labute approximate surface area is 130 Å². The van der Waals surface area contributed by atoms with Crippen LogP contribution in [0, 0.1) is 0 Å². The molecule has 4 heteroatoms. The second-order valence-electron chi connectivity index (χ2n) is 5.72. The number of hydrogen-bond acceptors (Lipinski definition) is 1. The highest BCUT2D eigenvalue weighted by molar-refractivity contribution is 5.96. The lowest BCUT2D eigenvalue weighted by Gasteiger charge is -2.07. The Hall–Kier alpha value is -1.32. The van der Waals surface area contributed by atoms with Gasteiger partial charge < -0.3 is 0 Å². The van der Waals surface area contributed by atoms with Crippen molar-refractivity contribution >= 4 is 5.78 Å². The number of alkyl halides is 3. The fraction of sp³-hybridized carbons (Fsp3) is 0.611. The fourth-order valence-electron chi connectivity index (χ4n) is 2.41. The van der Waals surface area contributed by atoms with Gasteiger partial charge in [0, 0.05) is 12.0 Å². The van der Waals surface area contributed by atoms with Crippen molar-refractivity contribution in [3.05, 3.63) is 35.4 Å². The van der Waals surface area contributed by atoms with Gasteiger partial charge in [-0.15, -0.1) is 0 Å². The molecule has 1 aromatic rings. The molecular weight excluding hydrogens is 289 g/mol. The average Bonchev–Trinajstić information content (AvgIpc) is 2.49. The van der Waals surface area contributed by atoms with E-state index in [0.717, 1.165) is 31.4 Å². The van der Waals surface area contributed by atoms with Crippen molar-refractivity contribution in [2.24, 2.45) is 0 Å². The molecule has 124 valence electrons. The maximum atomic E-state index is 12.4. The standard InChI is InChI=1S/C18H25F3O/c1-2-3-4-5-6-7-8-9-10-17(22)15-11-13-16(14-12-15)18(19,20)21/h11-14H,2-10H2,1H3. The number of ketones is 1. The van der Waals surface area contributed by atoms with Crippen LogP contribution >= 0.6 is 0 Å². The molecule has 0 fully saturated rings. The highest BCUT2D eigenvalue weighted by atomic mass is 19.4. The summed E-state index contributed by atoms with van der Waals surface area (Å²) in [4.78, 5) is 11.9. The van der Waals surface area contributed by atoms with Gasteiger partial charge in [0.1, 0.15) is 0 Å². The highest BCUT2D eigenvalue weighted by Crippen LogP contribution is 2.29. The molecule has 0 saturated heterocycles. The Kier molecular flexibility index (Phi) is 8.21. The normalized spacial score (nSPS) is 11.6. The van der Waals surface area contributed by atoms with Crippen LogP contribution in [-0.2, 0) is 6.18 Å². The summed E-state index contributed by atoms with van der Waals surface area (Å²) in [5.41, 5.74) is -0.341. The maximum Gasteiger partial charge on any atom is 0.416 e. The molecule has 0 radical (unpaired) electrons. The monoisotopic (exact) mass is 314 g/mol. The molecule has 0 aliphatic heterocycles. The summed E-state index contributed by atoms with van der Waals surface area (Å²) in [5.74, 6) is -0.0697. The first-order valence-corrected chi connectivity index (χ1v) is 8.15. The van der Waals surface area contributed by atoms with E-state index in [1.807, 2.05) is 0 Å². The average molecular weight is 314 g/mol. The van der Waals surface area contributed by atoms with Crippen molar-refractivity contribution in [3.8, 4) is 0 Å². The van der Waals surface area contributed by atoms with E-state index in [4.69, 9.17) is 0 Å². The lowest BCUT2D eigenvalue weighted by atomic mass is 10.0. The molecule has 0 heterocycles. The highest BCUT2D eigenvalue weighted by Gasteiger charge is 2.30. The second kappa shape index (κ2) is 9.65. The van der Waals surface area contributed by atoms with Crippen molar-refractivity contribution in [1.82, 2.24) is 0 Å². The number of hydrogen-bond donors (Lipinski definition) is 0. The van der Waals surface area contributed by atoms with E-state index >= 15 is 0 Å². The molecule has 1 rings (SSSR count). The van der Waals surface area contributed by atoms with E-state index in [2.05, 4.69) is 6.92 Å². The van der Waals surface area contributed by atoms with Crippen LogP contribution in [-0.4, -0.2) is 5.78 Å². The predicted octanol–water partition coefficient (Wildman–Crippen LogP) is 6.42. The van der Waals surface area contributed by atoms with Gasteiger partial charge in [-0.2, -0.15) is 13.2 Å². The van der Waals surface area contributed by atoms with Gasteiger partial charge in [0.25, 0.3) is 0 Å². The molecule has 1 aromatic carbocycles. The second-order valence-corrected chi connectivity index (χ2v) is 5.72. The van der Waals surface area contributed by atoms with Crippen LogP contribution in [0.4, 0.5) is 13.2 Å². The molecule has 0 amide bonds. The number of carbonyl (C=O) groups is 1. The van der Waals surface area contributed by atoms with Gasteiger partial charge in [-0.25, -0.2) is 0 Å². The van der Waals surface area contributed by atoms with Gasteiger partial charge in [-0.1, -0.05) is 64.0 Å². The lowest BCUT2D eigenvalue weighted by molar-refractivity contribution is -0.137. The number of unbranched alkanes of at least 4 members (excludes halogenated alkanes) is 7. The van der Waals surface area contributed by atoms with Crippen molar-refractivity contribution < 1.29 is 18.0 Å². The third kappa shape index (κ3) is 7.10. The van der Waals surface area contributed by atoms with Gasteiger partial charge in [0.05, 0.1) is 5.56 Å². The van der Waals surface area contributed by atoms with E-state index < -0.39 is 11.7 Å². The van der Waals surface area contributed by atoms with Crippen LogP contribution < -0.4 is 0 Å². The first-order valence-electron chi connectivity index (χ1n) is 8.15. The largest absolute Gasteiger partial charge is 0.416 e. The minimum atomic E-state index is -4.35. The summed E-state index contributed by atoms with van der Waals surface area (Å²) in [5, 5.41) is 0. The van der Waals surface area contributed by atoms with Crippen LogP contribution in [0.25, 0.3) is 0 Å². The molecule has 0 spiro atoms. The number of benzene rings is 1. The molecule has 0 unspecified atom stereocenters. The first kappa shape index (κ1) is 18.7. The van der Waals surface area contributed by atoms with Crippen LogP contribution in [0.1, 0.15) is 80.6 Å². The Balaban J connectivity index is 2.23. The zero-order valence-corrected chi connectivity index (χ0v) is 13.2. The minimum absolute atomic E-state index is 0.0697. The van der Waals surface area contributed by atoms with E-state index in [1.54, 1.807) is 0 Å². The Morgan fingerprint density at radius 3 is 1.86 bits per heavy atom. The number of carbonyl (C=O) groups excluding carboxylic acids is 1. The zero-order chi connectivity index (χ0) is 16.4. The zero-order valence-electron chi connectivity index (χ0n) is 13.2. The minimum Gasteiger partial charge on any atom is -0.294 e. The van der Waals surface area contributed by atoms with E-state index in [1.165, 1.54) is 44.2 Å². The Morgan fingerprint density at radius 1 is 0.864 bits per heavy atom. The third-order valence-electron chi connectivity index (χ3n) is 3.79. The topological polar surface area (TPSA) is 17.1 Å². The van der Waals surface area contributed by atoms with Crippen molar-refractivity contribution in [2.45, 2.75) is 70.9 Å². The Morgan fingerprint density at radius 2 is 1.36 bits per heavy atom. The molecule has 0 aliphatic carbocycles. The smallest absolute Gasteiger partial charge is 0.294 e. The summed E-state index contributed by atoms with van der Waals surface area (Å²) in [6, 6.07) is 4.49. The molecule has 0 bridgehead atoms. The molecule has 0 N–H and O–H groups in total. The van der Waals surface area contributed by atoms with E-state index in [-0.39, 0.29) is 5.78 Å². The van der Waals surface area contributed by atoms with Crippen molar-refractivity contribution in [3.63, 3.8) is 0 Å². The summed E-state index contributed by atoms with van der Waals surface area (Å²) in [7, 11) is 0. The summed E-state index contributed by atoms with van der Waals surface area (Å²) >= 11 is 0. The summed E-state index contributed by atoms with van der Waals surface area (Å²) in [6.07, 6.45) is 5.28. The molecule has 0 atom stereocenters. The lowest BCUT2D eigenvalue weighted by Crippen LogP contribution is -2.06. The molecule has 0 aromatic heterocycles. The quantitative estimate of drug-likeness (QED) is 0.360. The molecule has 0 aliphatic rings.